The van der Waals surface area contributed by atoms with Crippen LogP contribution in [0.4, 0.5) is 15.8 Å². The highest BCUT2D eigenvalue weighted by atomic mass is 19.1. The summed E-state index contributed by atoms with van der Waals surface area (Å²) in [5.41, 5.74) is 0.0748. The number of benzene rings is 1. The van der Waals surface area contributed by atoms with E-state index in [1.165, 1.54) is 0 Å². The fourth-order valence-corrected chi connectivity index (χ4v) is 2.25. The molecule has 1 heterocycles. The van der Waals surface area contributed by atoms with E-state index in [0.717, 1.165) is 18.2 Å². The summed E-state index contributed by atoms with van der Waals surface area (Å²) in [5.74, 6) is -0.528. The summed E-state index contributed by atoms with van der Waals surface area (Å²) in [6.07, 6.45) is -0.611. The van der Waals surface area contributed by atoms with E-state index in [1.54, 1.807) is 11.8 Å². The van der Waals surface area contributed by atoms with E-state index in [1.807, 2.05) is 0 Å². The molecule has 2 rings (SSSR count). The lowest BCUT2D eigenvalue weighted by Crippen LogP contribution is -2.48. The molecular formula is C12H15FN2O4. The van der Waals surface area contributed by atoms with Crippen molar-refractivity contribution in [1.29, 1.82) is 0 Å². The van der Waals surface area contributed by atoms with Crippen molar-refractivity contribution in [3.8, 4) is 0 Å². The van der Waals surface area contributed by atoms with Gasteiger partial charge in [0.1, 0.15) is 11.5 Å². The van der Waals surface area contributed by atoms with Crippen LogP contribution in [0.25, 0.3) is 0 Å². The summed E-state index contributed by atoms with van der Waals surface area (Å²) in [6.45, 7) is 2.34. The number of nitro benzene ring substituents is 1. The molecule has 0 aromatic heterocycles. The molecule has 1 aromatic carbocycles. The van der Waals surface area contributed by atoms with E-state index in [9.17, 15) is 14.5 Å². The van der Waals surface area contributed by atoms with Gasteiger partial charge in [0.25, 0.3) is 5.69 Å². The van der Waals surface area contributed by atoms with Crippen LogP contribution < -0.4 is 4.90 Å². The summed E-state index contributed by atoms with van der Waals surface area (Å²) >= 11 is 0. The molecule has 0 amide bonds. The first-order valence-electron chi connectivity index (χ1n) is 5.96. The monoisotopic (exact) mass is 270 g/mol. The highest BCUT2D eigenvalue weighted by Gasteiger charge is 2.29. The smallest absolute Gasteiger partial charge is 0.292 e. The molecule has 2 unspecified atom stereocenters. The van der Waals surface area contributed by atoms with Gasteiger partial charge in [-0.15, -0.1) is 0 Å². The molecule has 104 valence electrons. The minimum absolute atomic E-state index is 0.146. The van der Waals surface area contributed by atoms with Gasteiger partial charge in [-0.1, -0.05) is 0 Å². The third-order valence-electron chi connectivity index (χ3n) is 3.00. The maximum atomic E-state index is 13.3. The van der Waals surface area contributed by atoms with Crippen LogP contribution in [0.2, 0.25) is 0 Å². The Morgan fingerprint density at radius 3 is 2.95 bits per heavy atom. The van der Waals surface area contributed by atoms with Crippen LogP contribution in [0.15, 0.2) is 18.2 Å². The maximum Gasteiger partial charge on any atom is 0.292 e. The predicted octanol–water partition coefficient (Wildman–Crippen LogP) is 1.32. The highest BCUT2D eigenvalue weighted by Crippen LogP contribution is 2.31. The Kier molecular flexibility index (Phi) is 3.96. The van der Waals surface area contributed by atoms with Crippen LogP contribution in [-0.2, 0) is 4.74 Å². The molecule has 0 bridgehead atoms. The molecule has 1 aliphatic heterocycles. The second kappa shape index (κ2) is 5.50. The van der Waals surface area contributed by atoms with Gasteiger partial charge in [0.15, 0.2) is 0 Å². The van der Waals surface area contributed by atoms with Crippen molar-refractivity contribution in [3.63, 3.8) is 0 Å². The Hall–Kier alpha value is -1.73. The minimum Gasteiger partial charge on any atom is -0.394 e. The number of rotatable bonds is 3. The number of nitro groups is 1. The molecule has 0 spiro atoms. The quantitative estimate of drug-likeness (QED) is 0.662. The van der Waals surface area contributed by atoms with Crippen molar-refractivity contribution in [2.75, 3.05) is 24.6 Å². The number of nitrogens with zero attached hydrogens (tertiary/aromatic N) is 2. The van der Waals surface area contributed by atoms with Crippen LogP contribution in [-0.4, -0.2) is 41.9 Å². The molecule has 0 saturated carbocycles. The summed E-state index contributed by atoms with van der Waals surface area (Å²) in [4.78, 5) is 12.1. The molecule has 1 fully saturated rings. The molecule has 7 heteroatoms. The second-order valence-electron chi connectivity index (χ2n) is 4.55. The highest BCUT2D eigenvalue weighted by molar-refractivity contribution is 5.63. The standard InChI is InChI=1S/C12H15FN2O4/c1-8-5-14(6-10(7-16)19-8)12-4-9(13)2-3-11(12)15(17)18/h2-4,8,10,16H,5-7H2,1H3. The van der Waals surface area contributed by atoms with E-state index >= 15 is 0 Å². The Morgan fingerprint density at radius 2 is 2.32 bits per heavy atom. The second-order valence-corrected chi connectivity index (χ2v) is 4.55. The molecular weight excluding hydrogens is 255 g/mol. The number of morpholine rings is 1. The number of hydrogen-bond acceptors (Lipinski definition) is 5. The molecule has 1 aliphatic rings. The molecule has 0 aliphatic carbocycles. The first-order chi connectivity index (χ1) is 9.01. The van der Waals surface area contributed by atoms with Crippen LogP contribution >= 0.6 is 0 Å². The Morgan fingerprint density at radius 1 is 1.58 bits per heavy atom. The van der Waals surface area contributed by atoms with Crippen LogP contribution in [0.1, 0.15) is 6.92 Å². The van der Waals surface area contributed by atoms with Gasteiger partial charge in [-0.2, -0.15) is 0 Å². The van der Waals surface area contributed by atoms with Gasteiger partial charge in [-0.25, -0.2) is 4.39 Å². The van der Waals surface area contributed by atoms with Gasteiger partial charge in [0, 0.05) is 25.2 Å². The molecule has 19 heavy (non-hydrogen) atoms. The van der Waals surface area contributed by atoms with Gasteiger partial charge < -0.3 is 14.7 Å². The van der Waals surface area contributed by atoms with Crippen LogP contribution in [0.5, 0.6) is 0 Å². The van der Waals surface area contributed by atoms with E-state index in [0.29, 0.717) is 13.1 Å². The van der Waals surface area contributed by atoms with Crippen molar-refractivity contribution in [2.45, 2.75) is 19.1 Å². The average molecular weight is 270 g/mol. The van der Waals surface area contributed by atoms with Crippen molar-refractivity contribution in [2.24, 2.45) is 0 Å². The SMILES string of the molecule is CC1CN(c2cc(F)ccc2[N+](=O)[O-])CC(CO)O1. The van der Waals surface area contributed by atoms with Crippen LogP contribution in [0.3, 0.4) is 0 Å². The van der Waals surface area contributed by atoms with Crippen molar-refractivity contribution >= 4 is 11.4 Å². The maximum absolute atomic E-state index is 13.3. The van der Waals surface area contributed by atoms with E-state index in [4.69, 9.17) is 9.84 Å². The number of halogens is 1. The lowest BCUT2D eigenvalue weighted by atomic mass is 10.1. The minimum atomic E-state index is -0.539. The Labute approximate surface area is 109 Å². The Balaban J connectivity index is 2.34. The normalized spacial score (nSPS) is 23.4. The van der Waals surface area contributed by atoms with E-state index in [-0.39, 0.29) is 24.1 Å². The van der Waals surface area contributed by atoms with Gasteiger partial charge >= 0.3 is 0 Å². The molecule has 1 aromatic rings. The zero-order chi connectivity index (χ0) is 14.0. The zero-order valence-corrected chi connectivity index (χ0v) is 10.5. The largest absolute Gasteiger partial charge is 0.394 e. The molecule has 6 nitrogen and oxygen atoms in total. The number of ether oxygens (including phenoxy) is 1. The topological polar surface area (TPSA) is 75.8 Å². The predicted molar refractivity (Wildman–Crippen MR) is 66.7 cm³/mol. The fraction of sp³-hybridized carbons (Fsp3) is 0.500. The van der Waals surface area contributed by atoms with Crippen molar-refractivity contribution in [1.82, 2.24) is 0 Å². The molecule has 0 radical (unpaired) electrons. The lowest BCUT2D eigenvalue weighted by Gasteiger charge is -2.37. The lowest BCUT2D eigenvalue weighted by molar-refractivity contribution is -0.384. The first kappa shape index (κ1) is 13.7. The van der Waals surface area contributed by atoms with Crippen molar-refractivity contribution < 1.29 is 19.2 Å². The van der Waals surface area contributed by atoms with Gasteiger partial charge in [-0.05, 0) is 13.0 Å². The summed E-state index contributed by atoms with van der Waals surface area (Å²) in [6, 6.07) is 3.36. The van der Waals surface area contributed by atoms with Crippen LogP contribution in [0, 0.1) is 15.9 Å². The average Bonchev–Trinajstić information content (AvgIpc) is 2.37. The summed E-state index contributed by atoms with van der Waals surface area (Å²) < 4.78 is 18.8. The molecule has 2 atom stereocenters. The van der Waals surface area contributed by atoms with Gasteiger partial charge in [0.2, 0.25) is 0 Å². The summed E-state index contributed by atoms with van der Waals surface area (Å²) in [7, 11) is 0. The fourth-order valence-electron chi connectivity index (χ4n) is 2.25. The van der Waals surface area contributed by atoms with Crippen molar-refractivity contribution in [3.05, 3.63) is 34.1 Å². The number of aliphatic hydroxyl groups excluding tert-OH is 1. The summed E-state index contributed by atoms with van der Waals surface area (Å²) in [5, 5.41) is 20.1. The van der Waals surface area contributed by atoms with Gasteiger partial charge in [0.05, 0.1) is 23.7 Å². The number of hydrogen-bond donors (Lipinski definition) is 1. The zero-order valence-electron chi connectivity index (χ0n) is 10.5. The van der Waals surface area contributed by atoms with Gasteiger partial charge in [-0.3, -0.25) is 10.1 Å². The number of anilines is 1. The third kappa shape index (κ3) is 2.99. The third-order valence-corrected chi connectivity index (χ3v) is 3.00. The first-order valence-corrected chi connectivity index (χ1v) is 5.96. The number of aliphatic hydroxyl groups is 1. The molecule has 1 saturated heterocycles. The van der Waals surface area contributed by atoms with E-state index in [2.05, 4.69) is 0 Å². The Bertz CT molecular complexity index is 483. The van der Waals surface area contributed by atoms with E-state index < -0.39 is 16.8 Å². The molecule has 1 N–H and O–H groups in total.